The van der Waals surface area contributed by atoms with Crippen molar-refractivity contribution in [1.29, 1.82) is 0 Å². The van der Waals surface area contributed by atoms with Gasteiger partial charge in [-0.1, -0.05) is 50.1 Å². The molecule has 26 heavy (non-hydrogen) atoms. The number of hydrogen-bond acceptors (Lipinski definition) is 2. The summed E-state index contributed by atoms with van der Waals surface area (Å²) in [5.41, 5.74) is 2.07. The molecule has 4 nitrogen and oxygen atoms in total. The summed E-state index contributed by atoms with van der Waals surface area (Å²) < 4.78 is 1.76. The predicted octanol–water partition coefficient (Wildman–Crippen LogP) is 6.16. The highest BCUT2D eigenvalue weighted by Gasteiger charge is 2.18. The molecule has 0 unspecified atom stereocenters. The fraction of sp³-hybridized carbons (Fsp3) is 0.0500. The molecule has 3 rings (SSSR count). The molecule has 0 aromatic heterocycles. The van der Waals surface area contributed by atoms with Crippen LogP contribution in [-0.2, 0) is 6.54 Å². The lowest BCUT2D eigenvalue weighted by Gasteiger charge is -2.24. The number of anilines is 2. The normalized spacial score (nSPS) is 10.4. The minimum Gasteiger partial charge on any atom is -0.508 e. The highest BCUT2D eigenvalue weighted by atomic mass is 79.9. The molecule has 0 atom stereocenters. The van der Waals surface area contributed by atoms with Gasteiger partial charge in [0.1, 0.15) is 5.75 Å². The maximum Gasteiger partial charge on any atom is 0.326 e. The molecule has 3 aromatic carbocycles. The fourth-order valence-corrected chi connectivity index (χ4v) is 3.14. The molecule has 0 aliphatic heterocycles. The average Bonchev–Trinajstić information content (AvgIpc) is 2.64. The number of phenolic OH excluding ortho intramolecular Hbond substituents is 1. The van der Waals surface area contributed by atoms with Gasteiger partial charge < -0.3 is 10.4 Å². The molecule has 0 saturated carbocycles. The lowest BCUT2D eigenvalue weighted by atomic mass is 10.1. The molecule has 3 aromatic rings. The Labute approximate surface area is 168 Å². The first-order valence-electron chi connectivity index (χ1n) is 7.89. The molecule has 6 heteroatoms. The van der Waals surface area contributed by atoms with Crippen molar-refractivity contribution >= 4 is 49.3 Å². The first kappa shape index (κ1) is 18.5. The Bertz CT molecular complexity index is 899. The lowest BCUT2D eigenvalue weighted by molar-refractivity contribution is 0.256. The minimum absolute atomic E-state index is 0.142. The number of para-hydroxylation sites is 1. The third kappa shape index (κ3) is 4.65. The minimum atomic E-state index is -0.280. The molecular weight excluding hydrogens is 460 g/mol. The number of hydrogen-bond donors (Lipinski definition) is 2. The number of phenols is 1. The SMILES string of the molecule is O=C(Nc1ccccc1)N(Cc1cc(Br)ccc1O)c1ccc(Br)cc1. The summed E-state index contributed by atoms with van der Waals surface area (Å²) in [6.07, 6.45) is 0. The van der Waals surface area contributed by atoms with Crippen molar-refractivity contribution in [3.8, 4) is 5.75 Å². The Balaban J connectivity index is 1.92. The van der Waals surface area contributed by atoms with Gasteiger partial charge in [0.15, 0.2) is 0 Å². The molecule has 0 heterocycles. The monoisotopic (exact) mass is 474 g/mol. The van der Waals surface area contributed by atoms with Crippen LogP contribution in [0.2, 0.25) is 0 Å². The van der Waals surface area contributed by atoms with Crippen LogP contribution in [0.4, 0.5) is 16.2 Å². The fourth-order valence-electron chi connectivity index (χ4n) is 2.46. The van der Waals surface area contributed by atoms with Crippen LogP contribution in [0.25, 0.3) is 0 Å². The summed E-state index contributed by atoms with van der Waals surface area (Å²) in [6, 6.07) is 21.6. The van der Waals surface area contributed by atoms with Crippen molar-refractivity contribution in [2.75, 3.05) is 10.2 Å². The van der Waals surface area contributed by atoms with Crippen LogP contribution in [0.1, 0.15) is 5.56 Å². The summed E-state index contributed by atoms with van der Waals surface area (Å²) in [4.78, 5) is 14.5. The van der Waals surface area contributed by atoms with Crippen LogP contribution < -0.4 is 10.2 Å². The van der Waals surface area contributed by atoms with Gasteiger partial charge in [-0.25, -0.2) is 4.79 Å². The van der Waals surface area contributed by atoms with E-state index in [-0.39, 0.29) is 18.3 Å². The van der Waals surface area contributed by atoms with E-state index in [0.29, 0.717) is 11.3 Å². The first-order chi connectivity index (χ1) is 12.5. The van der Waals surface area contributed by atoms with E-state index in [1.165, 1.54) is 0 Å². The number of carbonyl (C=O) groups excluding carboxylic acids is 1. The van der Waals surface area contributed by atoms with Gasteiger partial charge in [0.2, 0.25) is 0 Å². The van der Waals surface area contributed by atoms with E-state index in [0.717, 1.165) is 14.6 Å². The van der Waals surface area contributed by atoms with E-state index < -0.39 is 0 Å². The summed E-state index contributed by atoms with van der Waals surface area (Å²) in [6.45, 7) is 0.228. The predicted molar refractivity (Wildman–Crippen MR) is 112 cm³/mol. The first-order valence-corrected chi connectivity index (χ1v) is 9.48. The van der Waals surface area contributed by atoms with E-state index in [9.17, 15) is 9.90 Å². The van der Waals surface area contributed by atoms with E-state index in [4.69, 9.17) is 0 Å². The van der Waals surface area contributed by atoms with E-state index >= 15 is 0 Å². The number of rotatable bonds is 4. The van der Waals surface area contributed by atoms with Gasteiger partial charge in [-0.3, -0.25) is 4.90 Å². The van der Waals surface area contributed by atoms with Crippen LogP contribution in [0.5, 0.6) is 5.75 Å². The van der Waals surface area contributed by atoms with Gasteiger partial charge in [-0.2, -0.15) is 0 Å². The van der Waals surface area contributed by atoms with Crippen LogP contribution in [0.3, 0.4) is 0 Å². The highest BCUT2D eigenvalue weighted by Crippen LogP contribution is 2.27. The molecule has 0 aliphatic carbocycles. The Morgan fingerprint density at radius 3 is 2.27 bits per heavy atom. The second-order valence-corrected chi connectivity index (χ2v) is 7.46. The molecule has 132 valence electrons. The summed E-state index contributed by atoms with van der Waals surface area (Å²) >= 11 is 6.81. The zero-order valence-electron chi connectivity index (χ0n) is 13.7. The molecular formula is C20H16Br2N2O2. The lowest BCUT2D eigenvalue weighted by Crippen LogP contribution is -2.34. The second kappa shape index (κ2) is 8.38. The van der Waals surface area contributed by atoms with Crippen LogP contribution in [0, 0.1) is 0 Å². The standard InChI is InChI=1S/C20H16Br2N2O2/c21-15-6-9-18(10-7-15)24(13-14-12-16(22)8-11-19(14)25)20(26)23-17-4-2-1-3-5-17/h1-12,25H,13H2,(H,23,26). The highest BCUT2D eigenvalue weighted by molar-refractivity contribution is 9.10. The van der Waals surface area contributed by atoms with E-state index in [2.05, 4.69) is 37.2 Å². The average molecular weight is 476 g/mol. The quantitative estimate of drug-likeness (QED) is 0.475. The molecule has 0 radical (unpaired) electrons. The maximum atomic E-state index is 12.9. The number of nitrogens with zero attached hydrogens (tertiary/aromatic N) is 1. The van der Waals surface area contributed by atoms with Gasteiger partial charge in [-0.05, 0) is 54.6 Å². The molecule has 2 amide bonds. The van der Waals surface area contributed by atoms with Crippen LogP contribution in [0.15, 0.2) is 81.7 Å². The molecule has 2 N–H and O–H groups in total. The van der Waals surface area contributed by atoms with Crippen molar-refractivity contribution in [3.63, 3.8) is 0 Å². The van der Waals surface area contributed by atoms with Gasteiger partial charge in [-0.15, -0.1) is 0 Å². The number of nitrogens with one attached hydrogen (secondary N) is 1. The second-order valence-electron chi connectivity index (χ2n) is 5.63. The summed E-state index contributed by atoms with van der Waals surface area (Å²) in [5, 5.41) is 13.1. The Morgan fingerprint density at radius 2 is 1.58 bits per heavy atom. The van der Waals surface area contributed by atoms with Crippen LogP contribution in [-0.4, -0.2) is 11.1 Å². The number of carbonyl (C=O) groups is 1. The van der Waals surface area contributed by atoms with E-state index in [1.54, 1.807) is 23.1 Å². The molecule has 0 aliphatic rings. The molecule has 0 bridgehead atoms. The number of benzene rings is 3. The van der Waals surface area contributed by atoms with Gasteiger partial charge in [0.25, 0.3) is 0 Å². The van der Waals surface area contributed by atoms with Crippen molar-refractivity contribution in [1.82, 2.24) is 0 Å². The van der Waals surface area contributed by atoms with Gasteiger partial charge >= 0.3 is 6.03 Å². The largest absolute Gasteiger partial charge is 0.508 e. The Morgan fingerprint density at radius 1 is 0.923 bits per heavy atom. The number of halogens is 2. The number of aromatic hydroxyl groups is 1. The summed E-state index contributed by atoms with van der Waals surface area (Å²) in [5.74, 6) is 0.142. The topological polar surface area (TPSA) is 52.6 Å². The van der Waals surface area contributed by atoms with Gasteiger partial charge in [0, 0.05) is 25.9 Å². The molecule has 0 spiro atoms. The number of urea groups is 1. The van der Waals surface area contributed by atoms with Crippen LogP contribution >= 0.6 is 31.9 Å². The van der Waals surface area contributed by atoms with E-state index in [1.807, 2.05) is 54.6 Å². The van der Waals surface area contributed by atoms with Crippen molar-refractivity contribution in [3.05, 3.63) is 87.3 Å². The number of amides is 2. The third-order valence-corrected chi connectivity index (χ3v) is 4.80. The zero-order chi connectivity index (χ0) is 18.5. The summed E-state index contributed by atoms with van der Waals surface area (Å²) in [7, 11) is 0. The zero-order valence-corrected chi connectivity index (χ0v) is 16.9. The Kier molecular flexibility index (Phi) is 5.96. The third-order valence-electron chi connectivity index (χ3n) is 3.78. The van der Waals surface area contributed by atoms with Crippen molar-refractivity contribution in [2.24, 2.45) is 0 Å². The molecule has 0 saturated heterocycles. The maximum absolute atomic E-state index is 12.9. The Hall–Kier alpha value is -2.31. The van der Waals surface area contributed by atoms with Gasteiger partial charge in [0.05, 0.1) is 6.54 Å². The van der Waals surface area contributed by atoms with Crippen molar-refractivity contribution < 1.29 is 9.90 Å². The van der Waals surface area contributed by atoms with Crippen molar-refractivity contribution in [2.45, 2.75) is 6.54 Å². The molecule has 0 fully saturated rings. The smallest absolute Gasteiger partial charge is 0.326 e.